The summed E-state index contributed by atoms with van der Waals surface area (Å²) in [5.74, 6) is 0.792. The zero-order valence-corrected chi connectivity index (χ0v) is 17.7. The number of rotatable bonds is 5. The van der Waals surface area contributed by atoms with Gasteiger partial charge in [0.2, 0.25) is 0 Å². The van der Waals surface area contributed by atoms with Gasteiger partial charge in [0, 0.05) is 19.6 Å². The summed E-state index contributed by atoms with van der Waals surface area (Å²) in [6.45, 7) is 7.68. The van der Waals surface area contributed by atoms with Gasteiger partial charge in [-0.1, -0.05) is 37.8 Å². The Morgan fingerprint density at radius 1 is 1.04 bits per heavy atom. The third-order valence-corrected chi connectivity index (χ3v) is 6.73. The Bertz CT molecular complexity index is 669. The van der Waals surface area contributed by atoms with Crippen molar-refractivity contribution in [2.45, 2.75) is 83.0 Å². The normalized spacial score (nSPS) is 28.7. The Kier molecular flexibility index (Phi) is 6.70. The standard InChI is InChI=1S/C23H37NO4/c1-17-8-9-18(2)21(19(17)3)28-16-23(27)15-24(13-10-20(23)25)14-22(26)11-6-4-5-7-12-22/h8-9,20,25-27H,4-7,10-16H2,1-3H3/t20-,23-/m0/s1. The third kappa shape index (κ3) is 4.88. The number of aliphatic hydroxyl groups is 3. The average molecular weight is 392 g/mol. The van der Waals surface area contributed by atoms with Crippen LogP contribution in [0.1, 0.15) is 61.6 Å². The van der Waals surface area contributed by atoms with Gasteiger partial charge in [0.1, 0.15) is 18.0 Å². The highest BCUT2D eigenvalue weighted by Crippen LogP contribution is 2.32. The van der Waals surface area contributed by atoms with E-state index in [1.807, 2.05) is 26.8 Å². The van der Waals surface area contributed by atoms with Gasteiger partial charge in [-0.2, -0.15) is 0 Å². The SMILES string of the molecule is Cc1ccc(C)c(OC[C@@]2(O)CN(CC3(O)CCCCCC3)CC[C@@H]2O)c1C. The molecule has 0 unspecified atom stereocenters. The van der Waals surface area contributed by atoms with Gasteiger partial charge in [0.15, 0.2) is 0 Å². The molecule has 1 aliphatic carbocycles. The Hall–Kier alpha value is -1.14. The highest BCUT2D eigenvalue weighted by atomic mass is 16.5. The molecule has 3 N–H and O–H groups in total. The summed E-state index contributed by atoms with van der Waals surface area (Å²) in [5, 5.41) is 32.7. The molecular formula is C23H37NO4. The highest BCUT2D eigenvalue weighted by molar-refractivity contribution is 5.44. The number of aryl methyl sites for hydroxylation is 2. The molecule has 5 nitrogen and oxygen atoms in total. The first-order valence-electron chi connectivity index (χ1n) is 10.8. The van der Waals surface area contributed by atoms with E-state index in [-0.39, 0.29) is 6.61 Å². The quantitative estimate of drug-likeness (QED) is 0.673. The Morgan fingerprint density at radius 2 is 1.68 bits per heavy atom. The van der Waals surface area contributed by atoms with Crippen molar-refractivity contribution in [3.8, 4) is 5.75 Å². The molecule has 2 aliphatic rings. The zero-order valence-electron chi connectivity index (χ0n) is 17.7. The molecule has 2 fully saturated rings. The second-order valence-corrected chi connectivity index (χ2v) is 9.20. The van der Waals surface area contributed by atoms with Crippen molar-refractivity contribution in [3.63, 3.8) is 0 Å². The first-order chi connectivity index (χ1) is 13.2. The predicted molar refractivity (Wildman–Crippen MR) is 111 cm³/mol. The van der Waals surface area contributed by atoms with Gasteiger partial charge in [-0.3, -0.25) is 4.90 Å². The molecule has 2 atom stereocenters. The molecule has 0 bridgehead atoms. The van der Waals surface area contributed by atoms with Crippen LogP contribution in [0, 0.1) is 20.8 Å². The molecule has 1 aromatic carbocycles. The molecule has 3 rings (SSSR count). The van der Waals surface area contributed by atoms with Gasteiger partial charge < -0.3 is 20.1 Å². The van der Waals surface area contributed by atoms with E-state index in [4.69, 9.17) is 4.74 Å². The van der Waals surface area contributed by atoms with E-state index in [9.17, 15) is 15.3 Å². The maximum absolute atomic E-state index is 11.2. The maximum atomic E-state index is 11.2. The lowest BCUT2D eigenvalue weighted by molar-refractivity contribution is -0.148. The Labute approximate surface area is 169 Å². The minimum atomic E-state index is -1.33. The lowest BCUT2D eigenvalue weighted by atomic mass is 9.87. The van der Waals surface area contributed by atoms with Crippen LogP contribution in [-0.2, 0) is 0 Å². The van der Waals surface area contributed by atoms with Crippen LogP contribution in [0.15, 0.2) is 12.1 Å². The number of aliphatic hydroxyl groups excluding tert-OH is 1. The number of likely N-dealkylation sites (tertiary alicyclic amines) is 1. The molecule has 1 aromatic rings. The predicted octanol–water partition coefficient (Wildman–Crippen LogP) is 2.87. The molecule has 158 valence electrons. The lowest BCUT2D eigenvalue weighted by Crippen LogP contribution is -2.61. The first kappa shape index (κ1) is 21.6. The number of ether oxygens (including phenoxy) is 1. The van der Waals surface area contributed by atoms with Crippen LogP contribution in [0.5, 0.6) is 5.75 Å². The summed E-state index contributed by atoms with van der Waals surface area (Å²) in [7, 11) is 0. The molecule has 1 saturated heterocycles. The topological polar surface area (TPSA) is 73.2 Å². The number of hydrogen-bond donors (Lipinski definition) is 3. The summed E-state index contributed by atoms with van der Waals surface area (Å²) in [4.78, 5) is 2.11. The first-order valence-corrected chi connectivity index (χ1v) is 10.8. The summed E-state index contributed by atoms with van der Waals surface area (Å²) < 4.78 is 6.05. The maximum Gasteiger partial charge on any atom is 0.137 e. The molecule has 0 amide bonds. The van der Waals surface area contributed by atoms with E-state index in [1.165, 1.54) is 12.8 Å². The van der Waals surface area contributed by atoms with Gasteiger partial charge in [0.25, 0.3) is 0 Å². The van der Waals surface area contributed by atoms with E-state index in [1.54, 1.807) is 0 Å². The van der Waals surface area contributed by atoms with Crippen LogP contribution in [0.2, 0.25) is 0 Å². The van der Waals surface area contributed by atoms with Crippen molar-refractivity contribution in [2.75, 3.05) is 26.2 Å². The number of nitrogens with zero attached hydrogens (tertiary/aromatic N) is 1. The van der Waals surface area contributed by atoms with Crippen LogP contribution >= 0.6 is 0 Å². The molecule has 28 heavy (non-hydrogen) atoms. The highest BCUT2D eigenvalue weighted by Gasteiger charge is 2.44. The fourth-order valence-electron chi connectivity index (χ4n) is 4.73. The van der Waals surface area contributed by atoms with Crippen molar-refractivity contribution in [2.24, 2.45) is 0 Å². The van der Waals surface area contributed by atoms with E-state index in [0.29, 0.717) is 26.1 Å². The van der Waals surface area contributed by atoms with Crippen LogP contribution in [0.3, 0.4) is 0 Å². The van der Waals surface area contributed by atoms with Gasteiger partial charge in [-0.05, 0) is 56.7 Å². The summed E-state index contributed by atoms with van der Waals surface area (Å²) in [6.07, 6.45) is 5.81. The Morgan fingerprint density at radius 3 is 2.36 bits per heavy atom. The van der Waals surface area contributed by atoms with Crippen molar-refractivity contribution < 1.29 is 20.1 Å². The molecule has 1 aliphatic heterocycles. The number of benzene rings is 1. The fraction of sp³-hybridized carbons (Fsp3) is 0.739. The van der Waals surface area contributed by atoms with Crippen molar-refractivity contribution in [1.29, 1.82) is 0 Å². The fourth-order valence-corrected chi connectivity index (χ4v) is 4.73. The molecule has 5 heteroatoms. The molecule has 0 aromatic heterocycles. The van der Waals surface area contributed by atoms with Crippen LogP contribution in [0.25, 0.3) is 0 Å². The minimum Gasteiger partial charge on any atom is -0.490 e. The molecule has 0 spiro atoms. The molecular weight excluding hydrogens is 354 g/mol. The van der Waals surface area contributed by atoms with E-state index in [2.05, 4.69) is 11.0 Å². The third-order valence-electron chi connectivity index (χ3n) is 6.73. The van der Waals surface area contributed by atoms with E-state index >= 15 is 0 Å². The van der Waals surface area contributed by atoms with E-state index < -0.39 is 17.3 Å². The van der Waals surface area contributed by atoms with Gasteiger partial charge in [-0.25, -0.2) is 0 Å². The molecule has 1 heterocycles. The smallest absolute Gasteiger partial charge is 0.137 e. The van der Waals surface area contributed by atoms with Gasteiger partial charge in [0.05, 0.1) is 11.7 Å². The van der Waals surface area contributed by atoms with Crippen LogP contribution in [-0.4, -0.2) is 63.8 Å². The second kappa shape index (κ2) is 8.70. The van der Waals surface area contributed by atoms with Crippen molar-refractivity contribution in [3.05, 3.63) is 28.8 Å². The second-order valence-electron chi connectivity index (χ2n) is 9.20. The van der Waals surface area contributed by atoms with Gasteiger partial charge >= 0.3 is 0 Å². The van der Waals surface area contributed by atoms with Crippen LogP contribution in [0.4, 0.5) is 0 Å². The van der Waals surface area contributed by atoms with E-state index in [0.717, 1.165) is 48.1 Å². The summed E-state index contributed by atoms with van der Waals surface area (Å²) in [5.41, 5.74) is 1.24. The number of hydrogen-bond acceptors (Lipinski definition) is 5. The largest absolute Gasteiger partial charge is 0.490 e. The summed E-state index contributed by atoms with van der Waals surface area (Å²) >= 11 is 0. The van der Waals surface area contributed by atoms with Gasteiger partial charge in [-0.15, -0.1) is 0 Å². The number of piperidine rings is 1. The average Bonchev–Trinajstić information content (AvgIpc) is 2.86. The lowest BCUT2D eigenvalue weighted by Gasteiger charge is -2.45. The minimum absolute atomic E-state index is 0.0498. The summed E-state index contributed by atoms with van der Waals surface area (Å²) in [6, 6.07) is 4.09. The van der Waals surface area contributed by atoms with Crippen molar-refractivity contribution in [1.82, 2.24) is 4.90 Å². The van der Waals surface area contributed by atoms with Crippen molar-refractivity contribution >= 4 is 0 Å². The molecule has 1 saturated carbocycles. The number of β-amino-alcohol motifs (C(OH)–C–C–N with tert-alkyl or cyclic N) is 2. The Balaban J connectivity index is 1.67. The zero-order chi connectivity index (χ0) is 20.4. The van der Waals surface area contributed by atoms with Crippen LogP contribution < -0.4 is 4.74 Å². The monoisotopic (exact) mass is 391 g/mol. The molecule has 0 radical (unpaired) electrons.